The average molecular weight is 199 g/mol. The summed E-state index contributed by atoms with van der Waals surface area (Å²) in [5.74, 6) is -0.678. The van der Waals surface area contributed by atoms with E-state index >= 15 is 0 Å². The third-order valence-corrected chi connectivity index (χ3v) is 3.74. The lowest BCUT2D eigenvalue weighted by atomic mass is 9.56. The minimum atomic E-state index is -0.864. The molecule has 4 nitrogen and oxygen atoms in total. The first-order chi connectivity index (χ1) is 6.63. The lowest BCUT2D eigenvalue weighted by Gasteiger charge is -2.51. The first kappa shape index (κ1) is 9.93. The summed E-state index contributed by atoms with van der Waals surface area (Å²) in [7, 11) is 0. The number of carbonyl (C=O) groups is 1. The van der Waals surface area contributed by atoms with Gasteiger partial charge in [-0.15, -0.1) is 0 Å². The third-order valence-electron chi connectivity index (χ3n) is 3.74. The van der Waals surface area contributed by atoms with Gasteiger partial charge in [0.1, 0.15) is 6.04 Å². The summed E-state index contributed by atoms with van der Waals surface area (Å²) in [6.45, 7) is 1.66. The molecule has 1 saturated carbocycles. The first-order valence-electron chi connectivity index (χ1n) is 5.19. The predicted octanol–water partition coefficient (Wildman–Crippen LogP) is 0.605. The number of ether oxygens (including phenoxy) is 1. The van der Waals surface area contributed by atoms with Gasteiger partial charge in [0.05, 0.1) is 0 Å². The van der Waals surface area contributed by atoms with E-state index in [-0.39, 0.29) is 5.92 Å². The Balaban J connectivity index is 1.85. The highest BCUT2D eigenvalue weighted by Crippen LogP contribution is 2.52. The molecule has 2 fully saturated rings. The summed E-state index contributed by atoms with van der Waals surface area (Å²) in [6.07, 6.45) is 4.11. The smallest absolute Gasteiger partial charge is 0.320 e. The van der Waals surface area contributed by atoms with Gasteiger partial charge in [-0.3, -0.25) is 4.79 Å². The van der Waals surface area contributed by atoms with E-state index in [9.17, 15) is 4.79 Å². The van der Waals surface area contributed by atoms with Crippen LogP contribution in [0.3, 0.4) is 0 Å². The SMILES string of the molecule is NC(C(=O)O)C1CC2(CCOCC2)C1. The standard InChI is InChI=1S/C10H17NO3/c11-8(9(12)13)7-5-10(6-7)1-3-14-4-2-10/h7-8H,1-6,11H2,(H,12,13). The van der Waals surface area contributed by atoms with Crippen LogP contribution in [-0.2, 0) is 9.53 Å². The lowest BCUT2D eigenvalue weighted by Crippen LogP contribution is -2.51. The number of hydrogen-bond acceptors (Lipinski definition) is 3. The van der Waals surface area contributed by atoms with Crippen LogP contribution in [0.25, 0.3) is 0 Å². The van der Waals surface area contributed by atoms with E-state index < -0.39 is 12.0 Å². The second kappa shape index (κ2) is 3.51. The second-order valence-corrected chi connectivity index (χ2v) is 4.64. The zero-order chi connectivity index (χ0) is 10.2. The molecule has 1 unspecified atom stereocenters. The van der Waals surface area contributed by atoms with Crippen LogP contribution in [0.4, 0.5) is 0 Å². The van der Waals surface area contributed by atoms with E-state index in [0.29, 0.717) is 5.41 Å². The molecule has 80 valence electrons. The van der Waals surface area contributed by atoms with Crippen molar-refractivity contribution in [1.82, 2.24) is 0 Å². The summed E-state index contributed by atoms with van der Waals surface area (Å²) >= 11 is 0. The van der Waals surface area contributed by atoms with Crippen LogP contribution >= 0.6 is 0 Å². The number of rotatable bonds is 2. The second-order valence-electron chi connectivity index (χ2n) is 4.64. The van der Waals surface area contributed by atoms with Crippen molar-refractivity contribution in [2.45, 2.75) is 31.7 Å². The Morgan fingerprint density at radius 3 is 2.50 bits per heavy atom. The molecule has 1 aliphatic carbocycles. The topological polar surface area (TPSA) is 72.6 Å². The average Bonchev–Trinajstić information content (AvgIpc) is 2.14. The first-order valence-corrected chi connectivity index (χ1v) is 5.19. The van der Waals surface area contributed by atoms with E-state index in [1.54, 1.807) is 0 Å². The number of carboxylic acids is 1. The van der Waals surface area contributed by atoms with Crippen molar-refractivity contribution in [3.8, 4) is 0 Å². The van der Waals surface area contributed by atoms with Crippen molar-refractivity contribution in [2.24, 2.45) is 17.1 Å². The number of nitrogens with two attached hydrogens (primary N) is 1. The fourth-order valence-corrected chi connectivity index (χ4v) is 2.72. The Bertz CT molecular complexity index is 228. The van der Waals surface area contributed by atoms with E-state index in [0.717, 1.165) is 38.9 Å². The highest BCUT2D eigenvalue weighted by molar-refractivity contribution is 5.73. The van der Waals surface area contributed by atoms with Gasteiger partial charge in [0.15, 0.2) is 0 Å². The molecule has 0 aromatic carbocycles. The fraction of sp³-hybridized carbons (Fsp3) is 0.900. The van der Waals surface area contributed by atoms with Gasteiger partial charge in [-0.25, -0.2) is 0 Å². The summed E-state index contributed by atoms with van der Waals surface area (Å²) in [5.41, 5.74) is 5.95. The van der Waals surface area contributed by atoms with Gasteiger partial charge < -0.3 is 15.6 Å². The molecule has 3 N–H and O–H groups in total. The monoisotopic (exact) mass is 199 g/mol. The van der Waals surface area contributed by atoms with Crippen LogP contribution in [0.15, 0.2) is 0 Å². The van der Waals surface area contributed by atoms with E-state index in [1.165, 1.54) is 0 Å². The maximum absolute atomic E-state index is 10.7. The van der Waals surface area contributed by atoms with Crippen LogP contribution in [0, 0.1) is 11.3 Å². The summed E-state index contributed by atoms with van der Waals surface area (Å²) in [5, 5.41) is 8.75. The molecule has 14 heavy (non-hydrogen) atoms. The zero-order valence-electron chi connectivity index (χ0n) is 8.24. The number of aliphatic carboxylic acids is 1. The molecule has 0 radical (unpaired) electrons. The quantitative estimate of drug-likeness (QED) is 0.683. The Morgan fingerprint density at radius 2 is 2.00 bits per heavy atom. The predicted molar refractivity (Wildman–Crippen MR) is 50.8 cm³/mol. The molecule has 1 spiro atoms. The van der Waals surface area contributed by atoms with E-state index in [2.05, 4.69) is 0 Å². The van der Waals surface area contributed by atoms with Gasteiger partial charge in [0.25, 0.3) is 0 Å². The van der Waals surface area contributed by atoms with Crippen molar-refractivity contribution >= 4 is 5.97 Å². The molecule has 1 aliphatic heterocycles. The van der Waals surface area contributed by atoms with Gasteiger partial charge >= 0.3 is 5.97 Å². The van der Waals surface area contributed by atoms with E-state index in [4.69, 9.17) is 15.6 Å². The molecular formula is C10H17NO3. The summed E-state index contributed by atoms with van der Waals surface area (Å²) in [4.78, 5) is 10.7. The van der Waals surface area contributed by atoms with Crippen LogP contribution < -0.4 is 5.73 Å². The van der Waals surface area contributed by atoms with Crippen LogP contribution in [0.1, 0.15) is 25.7 Å². The lowest BCUT2D eigenvalue weighted by molar-refractivity contribution is -0.144. The maximum Gasteiger partial charge on any atom is 0.320 e. The van der Waals surface area contributed by atoms with Crippen LogP contribution in [0.5, 0.6) is 0 Å². The summed E-state index contributed by atoms with van der Waals surface area (Å²) < 4.78 is 5.30. The molecule has 2 aliphatic rings. The third kappa shape index (κ3) is 1.64. The Morgan fingerprint density at radius 1 is 1.43 bits per heavy atom. The normalized spacial score (nSPS) is 28.4. The van der Waals surface area contributed by atoms with Gasteiger partial charge in [0, 0.05) is 13.2 Å². The molecule has 1 atom stereocenters. The molecule has 0 aromatic rings. The summed E-state index contributed by atoms with van der Waals surface area (Å²) in [6, 6.07) is -0.663. The largest absolute Gasteiger partial charge is 0.480 e. The molecule has 0 aromatic heterocycles. The molecule has 0 bridgehead atoms. The van der Waals surface area contributed by atoms with Crippen molar-refractivity contribution in [3.63, 3.8) is 0 Å². The Hall–Kier alpha value is -0.610. The van der Waals surface area contributed by atoms with Crippen LogP contribution in [0.2, 0.25) is 0 Å². The molecule has 4 heteroatoms. The van der Waals surface area contributed by atoms with Crippen LogP contribution in [-0.4, -0.2) is 30.3 Å². The minimum absolute atomic E-state index is 0.186. The van der Waals surface area contributed by atoms with Gasteiger partial charge in [0.2, 0.25) is 0 Å². The minimum Gasteiger partial charge on any atom is -0.480 e. The Labute approximate surface area is 83.4 Å². The van der Waals surface area contributed by atoms with Crippen molar-refractivity contribution in [1.29, 1.82) is 0 Å². The van der Waals surface area contributed by atoms with Gasteiger partial charge in [-0.2, -0.15) is 0 Å². The molecule has 0 amide bonds. The molecule has 1 heterocycles. The Kier molecular flexibility index (Phi) is 2.49. The van der Waals surface area contributed by atoms with Gasteiger partial charge in [-0.05, 0) is 37.0 Å². The maximum atomic E-state index is 10.7. The van der Waals surface area contributed by atoms with Crippen molar-refractivity contribution in [2.75, 3.05) is 13.2 Å². The van der Waals surface area contributed by atoms with E-state index in [1.807, 2.05) is 0 Å². The zero-order valence-corrected chi connectivity index (χ0v) is 8.24. The molecular weight excluding hydrogens is 182 g/mol. The molecule has 1 saturated heterocycles. The van der Waals surface area contributed by atoms with Crippen molar-refractivity contribution in [3.05, 3.63) is 0 Å². The highest BCUT2D eigenvalue weighted by atomic mass is 16.5. The number of carboxylic acid groups (broad SMARTS) is 1. The van der Waals surface area contributed by atoms with Crippen molar-refractivity contribution < 1.29 is 14.6 Å². The molecule has 2 rings (SSSR count). The fourth-order valence-electron chi connectivity index (χ4n) is 2.72. The highest BCUT2D eigenvalue weighted by Gasteiger charge is 2.48. The number of hydrogen-bond donors (Lipinski definition) is 2. The van der Waals surface area contributed by atoms with Gasteiger partial charge in [-0.1, -0.05) is 0 Å².